The number of rotatable bonds is 10. The van der Waals surface area contributed by atoms with Crippen LogP contribution >= 0.6 is 0 Å². The van der Waals surface area contributed by atoms with Crippen LogP contribution in [0.25, 0.3) is 0 Å². The first-order valence-corrected chi connectivity index (χ1v) is 7.74. The van der Waals surface area contributed by atoms with Gasteiger partial charge >= 0.3 is 0 Å². The van der Waals surface area contributed by atoms with Crippen LogP contribution < -0.4 is 11.2 Å². The number of nitrogens with one attached hydrogen (secondary N) is 1. The summed E-state index contributed by atoms with van der Waals surface area (Å²) in [5.41, 5.74) is 9.82. The maximum Gasteiger partial charge on any atom is 0.151 e. The van der Waals surface area contributed by atoms with E-state index in [1.165, 1.54) is 0 Å². The zero-order valence-corrected chi connectivity index (χ0v) is 14.9. The Morgan fingerprint density at radius 2 is 2.09 bits per heavy atom. The van der Waals surface area contributed by atoms with E-state index in [0.29, 0.717) is 36.0 Å². The Kier molecular flexibility index (Phi) is 10.9. The summed E-state index contributed by atoms with van der Waals surface area (Å²) >= 11 is 0. The molecule has 0 aliphatic carbocycles. The van der Waals surface area contributed by atoms with Crippen LogP contribution in [0.15, 0.2) is 33.1 Å². The van der Waals surface area contributed by atoms with Crippen LogP contribution in [-0.4, -0.2) is 56.9 Å². The van der Waals surface area contributed by atoms with Crippen LogP contribution in [0, 0.1) is 0 Å². The van der Waals surface area contributed by atoms with E-state index in [1.807, 2.05) is 25.8 Å². The number of halogens is 1. The minimum absolute atomic E-state index is 0.0277. The molecule has 0 aromatic carbocycles. The van der Waals surface area contributed by atoms with Crippen molar-refractivity contribution in [2.75, 3.05) is 33.2 Å². The van der Waals surface area contributed by atoms with E-state index in [-0.39, 0.29) is 6.54 Å². The van der Waals surface area contributed by atoms with Crippen molar-refractivity contribution >= 4 is 12.6 Å². The topological polar surface area (TPSA) is 75.2 Å². The monoisotopic (exact) mass is 327 g/mol. The van der Waals surface area contributed by atoms with E-state index < -0.39 is 6.17 Å². The number of nitrogens with zero attached hydrogens (tertiary/aromatic N) is 3. The molecule has 0 bridgehead atoms. The highest BCUT2D eigenvalue weighted by atomic mass is 19.1. The average Bonchev–Trinajstić information content (AvgIpc) is 2.52. The van der Waals surface area contributed by atoms with Gasteiger partial charge in [-0.25, -0.2) is 9.38 Å². The number of hydrogen-bond acceptors (Lipinski definition) is 5. The lowest BCUT2D eigenvalue weighted by atomic mass is 10.2. The smallest absolute Gasteiger partial charge is 0.151 e. The first-order valence-electron chi connectivity index (χ1n) is 7.74. The standard InChI is InChI=1S/C16H30FN5O/c1-7-21-23-12(3)9-15(18)13(4)16(19-5)20-10-14(17)11-22(6)8-2/h9,14,21H,5,7-8,10-11,18H2,1-4,6H3/b12-9+,15-13?,20-16?/t14-/m0/s1. The van der Waals surface area contributed by atoms with Gasteiger partial charge in [0.2, 0.25) is 0 Å². The second-order valence-corrected chi connectivity index (χ2v) is 5.21. The third kappa shape index (κ3) is 9.10. The molecule has 0 aromatic heterocycles. The second-order valence-electron chi connectivity index (χ2n) is 5.21. The maximum atomic E-state index is 13.9. The molecule has 1 atom stereocenters. The van der Waals surface area contributed by atoms with E-state index in [9.17, 15) is 4.39 Å². The fraction of sp³-hybridized carbons (Fsp3) is 0.625. The molecule has 132 valence electrons. The highest BCUT2D eigenvalue weighted by molar-refractivity contribution is 6.01. The molecule has 0 saturated carbocycles. The number of hydroxylamine groups is 1. The minimum atomic E-state index is -1.06. The quantitative estimate of drug-likeness (QED) is 0.212. The van der Waals surface area contributed by atoms with Crippen molar-refractivity contribution in [3.05, 3.63) is 23.1 Å². The molecule has 6 nitrogen and oxygen atoms in total. The van der Waals surface area contributed by atoms with Crippen molar-refractivity contribution in [1.82, 2.24) is 10.4 Å². The van der Waals surface area contributed by atoms with Crippen molar-refractivity contribution in [2.24, 2.45) is 15.7 Å². The Bertz CT molecular complexity index is 459. The van der Waals surface area contributed by atoms with Crippen LogP contribution in [-0.2, 0) is 4.84 Å². The van der Waals surface area contributed by atoms with Gasteiger partial charge in [-0.15, -0.1) is 0 Å². The van der Waals surface area contributed by atoms with Gasteiger partial charge in [0.25, 0.3) is 0 Å². The molecule has 0 aliphatic heterocycles. The summed E-state index contributed by atoms with van der Waals surface area (Å²) < 4.78 is 13.9. The molecular weight excluding hydrogens is 297 g/mol. The van der Waals surface area contributed by atoms with E-state index in [0.717, 1.165) is 6.54 Å². The summed E-state index contributed by atoms with van der Waals surface area (Å²) in [4.78, 5) is 15.1. The van der Waals surface area contributed by atoms with Crippen LogP contribution in [0.3, 0.4) is 0 Å². The SMILES string of the molecule is C=NC(=NC[C@H](F)CN(C)CC)C(C)=C(N)/C=C(\C)ONCC. The first-order chi connectivity index (χ1) is 10.8. The van der Waals surface area contributed by atoms with Crippen molar-refractivity contribution in [2.45, 2.75) is 33.9 Å². The number of hydrogen-bond donors (Lipinski definition) is 2. The van der Waals surface area contributed by atoms with Crippen LogP contribution in [0.2, 0.25) is 0 Å². The van der Waals surface area contributed by atoms with Crippen molar-refractivity contribution in [3.8, 4) is 0 Å². The van der Waals surface area contributed by atoms with E-state index in [2.05, 4.69) is 22.2 Å². The largest absolute Gasteiger partial charge is 0.413 e. The number of aliphatic imine (C=N–C) groups is 2. The van der Waals surface area contributed by atoms with E-state index in [4.69, 9.17) is 10.6 Å². The zero-order valence-electron chi connectivity index (χ0n) is 14.9. The van der Waals surface area contributed by atoms with Crippen LogP contribution in [0.1, 0.15) is 27.7 Å². The van der Waals surface area contributed by atoms with Gasteiger partial charge in [0, 0.05) is 30.4 Å². The Morgan fingerprint density at radius 1 is 1.43 bits per heavy atom. The lowest BCUT2D eigenvalue weighted by molar-refractivity contribution is 0.111. The number of alkyl halides is 1. The first kappa shape index (κ1) is 21.3. The summed E-state index contributed by atoms with van der Waals surface area (Å²) in [6, 6.07) is 0. The second kappa shape index (κ2) is 11.8. The summed E-state index contributed by atoms with van der Waals surface area (Å²) in [6.07, 6.45) is 0.608. The van der Waals surface area contributed by atoms with Gasteiger partial charge in [0.15, 0.2) is 5.84 Å². The highest BCUT2D eigenvalue weighted by Gasteiger charge is 2.10. The number of amidine groups is 1. The van der Waals surface area contributed by atoms with Gasteiger partial charge in [0.1, 0.15) is 11.9 Å². The van der Waals surface area contributed by atoms with Gasteiger partial charge < -0.3 is 15.5 Å². The molecular formula is C16H30FN5O. The molecule has 0 fully saturated rings. The Hall–Kier alpha value is -1.73. The molecule has 7 heteroatoms. The van der Waals surface area contributed by atoms with Crippen molar-refractivity contribution < 1.29 is 9.23 Å². The predicted octanol–water partition coefficient (Wildman–Crippen LogP) is 2.05. The maximum absolute atomic E-state index is 13.9. The van der Waals surface area contributed by atoms with Gasteiger partial charge in [0.05, 0.1) is 6.54 Å². The molecule has 0 saturated heterocycles. The molecule has 0 amide bonds. The molecule has 0 rings (SSSR count). The molecule has 0 aliphatic rings. The van der Waals surface area contributed by atoms with Crippen LogP contribution in [0.5, 0.6) is 0 Å². The summed E-state index contributed by atoms with van der Waals surface area (Å²) in [6.45, 7) is 12.8. The molecule has 0 spiro atoms. The van der Waals surface area contributed by atoms with Crippen molar-refractivity contribution in [3.63, 3.8) is 0 Å². The lowest BCUT2D eigenvalue weighted by Gasteiger charge is -2.16. The molecule has 0 unspecified atom stereocenters. The molecule has 3 N–H and O–H groups in total. The zero-order chi connectivity index (χ0) is 17.8. The van der Waals surface area contributed by atoms with Crippen LogP contribution in [0.4, 0.5) is 4.39 Å². The van der Waals surface area contributed by atoms with Gasteiger partial charge in [-0.3, -0.25) is 4.99 Å². The van der Waals surface area contributed by atoms with Gasteiger partial charge in [-0.2, -0.15) is 5.48 Å². The molecule has 0 radical (unpaired) electrons. The van der Waals surface area contributed by atoms with E-state index in [1.54, 1.807) is 19.9 Å². The lowest BCUT2D eigenvalue weighted by Crippen LogP contribution is -2.28. The number of nitrogens with two attached hydrogens (primary N) is 1. The summed E-state index contributed by atoms with van der Waals surface area (Å²) in [5, 5.41) is 0. The Morgan fingerprint density at radius 3 is 2.61 bits per heavy atom. The Labute approximate surface area is 139 Å². The van der Waals surface area contributed by atoms with Gasteiger partial charge in [-0.1, -0.05) is 6.92 Å². The fourth-order valence-corrected chi connectivity index (χ4v) is 1.67. The number of allylic oxidation sites excluding steroid dienone is 2. The van der Waals surface area contributed by atoms with E-state index >= 15 is 0 Å². The average molecular weight is 327 g/mol. The third-order valence-electron chi connectivity index (χ3n) is 3.14. The van der Waals surface area contributed by atoms with Gasteiger partial charge in [-0.05, 0) is 41.1 Å². The fourth-order valence-electron chi connectivity index (χ4n) is 1.67. The highest BCUT2D eigenvalue weighted by Crippen LogP contribution is 2.08. The minimum Gasteiger partial charge on any atom is -0.413 e. The summed E-state index contributed by atoms with van der Waals surface area (Å²) in [5.74, 6) is 0.955. The molecule has 23 heavy (non-hydrogen) atoms. The third-order valence-corrected chi connectivity index (χ3v) is 3.14. The summed E-state index contributed by atoms with van der Waals surface area (Å²) in [7, 11) is 1.87. The molecule has 0 aromatic rings. The van der Waals surface area contributed by atoms with Crippen molar-refractivity contribution in [1.29, 1.82) is 0 Å². The normalized spacial score (nSPS) is 15.4. The predicted molar refractivity (Wildman–Crippen MR) is 95.3 cm³/mol. The Balaban J connectivity index is 4.95. The molecule has 0 heterocycles.